The summed E-state index contributed by atoms with van der Waals surface area (Å²) in [6, 6.07) is 24.0. The number of H-pyrrole nitrogens is 2. The predicted molar refractivity (Wildman–Crippen MR) is 145 cm³/mol. The normalized spacial score (nSPS) is 11.5. The smallest absolute Gasteiger partial charge is 0.129 e. The second kappa shape index (κ2) is 10.7. The Morgan fingerprint density at radius 2 is 1.64 bits per heavy atom. The lowest BCUT2D eigenvalue weighted by atomic mass is 10.1. The Morgan fingerprint density at radius 1 is 0.778 bits per heavy atom. The maximum atomic E-state index is 5.94. The molecule has 0 aliphatic rings. The molecule has 180 valence electrons. The van der Waals surface area contributed by atoms with E-state index in [1.807, 2.05) is 73.0 Å². The van der Waals surface area contributed by atoms with Gasteiger partial charge in [0.25, 0.3) is 0 Å². The summed E-state index contributed by atoms with van der Waals surface area (Å²) in [5, 5.41) is 8.65. The molecule has 2 aromatic heterocycles. The second-order valence-corrected chi connectivity index (χ2v) is 8.28. The van der Waals surface area contributed by atoms with Crippen LogP contribution in [0.1, 0.15) is 28.1 Å². The van der Waals surface area contributed by atoms with Gasteiger partial charge in [0.1, 0.15) is 23.9 Å². The van der Waals surface area contributed by atoms with Gasteiger partial charge in [-0.2, -0.15) is 5.10 Å². The van der Waals surface area contributed by atoms with E-state index in [0.29, 0.717) is 6.61 Å². The fourth-order valence-corrected chi connectivity index (χ4v) is 3.86. The molecule has 2 heterocycles. The van der Waals surface area contributed by atoms with Gasteiger partial charge in [-0.25, -0.2) is 0 Å². The average Bonchev–Trinajstić information content (AvgIpc) is 3.59. The largest absolute Gasteiger partial charge is 0.497 e. The number of benzene rings is 3. The molecule has 0 aliphatic heterocycles. The van der Waals surface area contributed by atoms with E-state index in [-0.39, 0.29) is 0 Å². The predicted octanol–water partition coefficient (Wildman–Crippen LogP) is 6.83. The SMILES string of the molecule is COc1ccc(COc2ccc(C=Cc3cc(C=Cc4ccc5cc[nH]c5c4)n[nH]3)c(OC)c2)cc1. The van der Waals surface area contributed by atoms with Crippen molar-refractivity contribution in [2.24, 2.45) is 0 Å². The van der Waals surface area contributed by atoms with Crippen LogP contribution in [0, 0.1) is 0 Å². The minimum Gasteiger partial charge on any atom is -0.497 e. The highest BCUT2D eigenvalue weighted by Gasteiger charge is 2.05. The van der Waals surface area contributed by atoms with Crippen molar-refractivity contribution < 1.29 is 14.2 Å². The molecule has 3 aromatic carbocycles. The van der Waals surface area contributed by atoms with Crippen molar-refractivity contribution in [2.75, 3.05) is 14.2 Å². The van der Waals surface area contributed by atoms with Crippen LogP contribution in [0.25, 0.3) is 35.2 Å². The van der Waals surface area contributed by atoms with Gasteiger partial charge in [0, 0.05) is 23.3 Å². The Hall–Kier alpha value is -4.71. The highest BCUT2D eigenvalue weighted by molar-refractivity contribution is 5.83. The molecule has 0 amide bonds. The molecular weight excluding hydrogens is 450 g/mol. The topological polar surface area (TPSA) is 72.2 Å². The monoisotopic (exact) mass is 477 g/mol. The van der Waals surface area contributed by atoms with Crippen LogP contribution in [-0.4, -0.2) is 29.4 Å². The number of hydrogen-bond donors (Lipinski definition) is 2. The van der Waals surface area contributed by atoms with E-state index in [0.717, 1.165) is 50.8 Å². The third kappa shape index (κ3) is 5.50. The van der Waals surface area contributed by atoms with Crippen LogP contribution in [-0.2, 0) is 6.61 Å². The standard InChI is InChI=1S/C30H27N3O3/c1-34-27-12-5-22(6-13-27)20-36-28-14-9-24(30(19-28)35-2)8-11-26-18-25(32-33-26)10-4-21-3-7-23-15-16-31-29(23)17-21/h3-19,31H,20H2,1-2H3,(H,32,33). The molecule has 0 fully saturated rings. The van der Waals surface area contributed by atoms with E-state index in [9.17, 15) is 0 Å². The number of ether oxygens (including phenoxy) is 3. The molecule has 0 bridgehead atoms. The van der Waals surface area contributed by atoms with Crippen LogP contribution in [0.2, 0.25) is 0 Å². The maximum absolute atomic E-state index is 5.94. The number of rotatable bonds is 9. The zero-order valence-corrected chi connectivity index (χ0v) is 20.2. The molecule has 36 heavy (non-hydrogen) atoms. The first-order chi connectivity index (χ1) is 17.7. The van der Waals surface area contributed by atoms with Crippen molar-refractivity contribution in [3.63, 3.8) is 0 Å². The number of fused-ring (bicyclic) bond motifs is 1. The molecule has 6 heteroatoms. The van der Waals surface area contributed by atoms with Crippen LogP contribution in [0.15, 0.2) is 79.0 Å². The summed E-state index contributed by atoms with van der Waals surface area (Å²) in [5.74, 6) is 2.30. The lowest BCUT2D eigenvalue weighted by Gasteiger charge is -2.10. The fraction of sp³-hybridized carbons (Fsp3) is 0.100. The van der Waals surface area contributed by atoms with Gasteiger partial charge in [-0.3, -0.25) is 5.10 Å². The fourth-order valence-electron chi connectivity index (χ4n) is 3.86. The molecular formula is C30H27N3O3. The molecule has 2 N–H and O–H groups in total. The van der Waals surface area contributed by atoms with Crippen molar-refractivity contribution in [1.29, 1.82) is 0 Å². The summed E-state index contributed by atoms with van der Waals surface area (Å²) in [4.78, 5) is 3.24. The van der Waals surface area contributed by atoms with E-state index in [2.05, 4.69) is 45.5 Å². The Bertz CT molecular complexity index is 1510. The summed E-state index contributed by atoms with van der Waals surface area (Å²) in [6.07, 6.45) is 9.96. The quantitative estimate of drug-likeness (QED) is 0.244. The van der Waals surface area contributed by atoms with E-state index >= 15 is 0 Å². The summed E-state index contributed by atoms with van der Waals surface area (Å²) in [7, 11) is 3.31. The molecule has 0 unspecified atom stereocenters. The first-order valence-electron chi connectivity index (χ1n) is 11.6. The van der Waals surface area contributed by atoms with E-state index in [1.165, 1.54) is 5.39 Å². The molecule has 0 saturated carbocycles. The minimum absolute atomic E-state index is 0.464. The number of nitrogens with zero attached hydrogens (tertiary/aromatic N) is 1. The molecule has 0 spiro atoms. The van der Waals surface area contributed by atoms with Crippen LogP contribution < -0.4 is 14.2 Å². The minimum atomic E-state index is 0.464. The van der Waals surface area contributed by atoms with E-state index < -0.39 is 0 Å². The highest BCUT2D eigenvalue weighted by atomic mass is 16.5. The maximum Gasteiger partial charge on any atom is 0.129 e. The Labute approximate surface area is 209 Å². The summed E-state index contributed by atoms with van der Waals surface area (Å²) >= 11 is 0. The Balaban J connectivity index is 1.22. The molecule has 5 rings (SSSR count). The summed E-state index contributed by atoms with van der Waals surface area (Å²) in [5.41, 5.74) is 6.00. The number of nitrogens with one attached hydrogen (secondary N) is 2. The van der Waals surface area contributed by atoms with E-state index in [1.54, 1.807) is 14.2 Å². The van der Waals surface area contributed by atoms with Gasteiger partial charge >= 0.3 is 0 Å². The van der Waals surface area contributed by atoms with E-state index in [4.69, 9.17) is 14.2 Å². The lowest BCUT2D eigenvalue weighted by Crippen LogP contribution is -1.96. The molecule has 6 nitrogen and oxygen atoms in total. The van der Waals surface area contributed by atoms with Crippen LogP contribution in [0.4, 0.5) is 0 Å². The molecule has 0 aliphatic carbocycles. The van der Waals surface area contributed by atoms with Gasteiger partial charge in [0.05, 0.1) is 25.6 Å². The van der Waals surface area contributed by atoms with Gasteiger partial charge in [-0.15, -0.1) is 0 Å². The number of hydrogen-bond acceptors (Lipinski definition) is 4. The van der Waals surface area contributed by atoms with Gasteiger partial charge in [0.15, 0.2) is 0 Å². The molecule has 0 radical (unpaired) electrons. The van der Waals surface area contributed by atoms with Crippen molar-refractivity contribution in [2.45, 2.75) is 6.61 Å². The van der Waals surface area contributed by atoms with Gasteiger partial charge < -0.3 is 19.2 Å². The van der Waals surface area contributed by atoms with Crippen LogP contribution in [0.5, 0.6) is 17.2 Å². The lowest BCUT2D eigenvalue weighted by molar-refractivity contribution is 0.303. The number of aromatic nitrogens is 3. The van der Waals surface area contributed by atoms with Gasteiger partial charge in [0.2, 0.25) is 0 Å². The number of methoxy groups -OCH3 is 2. The first kappa shape index (κ1) is 23.1. The Morgan fingerprint density at radius 3 is 2.47 bits per heavy atom. The second-order valence-electron chi connectivity index (χ2n) is 8.28. The summed E-state index contributed by atoms with van der Waals surface area (Å²) in [6.45, 7) is 0.464. The van der Waals surface area contributed by atoms with Crippen molar-refractivity contribution in [1.82, 2.24) is 15.2 Å². The summed E-state index contributed by atoms with van der Waals surface area (Å²) < 4.78 is 16.7. The van der Waals surface area contributed by atoms with Crippen molar-refractivity contribution >= 4 is 35.2 Å². The van der Waals surface area contributed by atoms with Crippen LogP contribution >= 0.6 is 0 Å². The zero-order valence-electron chi connectivity index (χ0n) is 20.2. The first-order valence-corrected chi connectivity index (χ1v) is 11.6. The van der Waals surface area contributed by atoms with Gasteiger partial charge in [-0.05, 0) is 77.2 Å². The van der Waals surface area contributed by atoms with Crippen molar-refractivity contribution in [3.05, 3.63) is 107 Å². The highest BCUT2D eigenvalue weighted by Crippen LogP contribution is 2.27. The third-order valence-corrected chi connectivity index (χ3v) is 5.86. The zero-order chi connectivity index (χ0) is 24.7. The Kier molecular flexibility index (Phi) is 6.85. The molecule has 0 saturated heterocycles. The van der Waals surface area contributed by atoms with Gasteiger partial charge in [-0.1, -0.05) is 30.3 Å². The third-order valence-electron chi connectivity index (χ3n) is 5.86. The molecule has 5 aromatic rings. The number of aromatic amines is 2. The van der Waals surface area contributed by atoms with Crippen LogP contribution in [0.3, 0.4) is 0 Å². The molecule has 0 atom stereocenters. The van der Waals surface area contributed by atoms with Crippen molar-refractivity contribution in [3.8, 4) is 17.2 Å². The average molecular weight is 478 g/mol.